The molecule has 16 heavy (non-hydrogen) atoms. The highest BCUT2D eigenvalue weighted by atomic mass is 32.1. The maximum absolute atomic E-state index is 9.51. The first-order valence-electron chi connectivity index (χ1n) is 4.99. The van der Waals surface area contributed by atoms with Gasteiger partial charge in [0.25, 0.3) is 0 Å². The van der Waals surface area contributed by atoms with Gasteiger partial charge in [-0.05, 0) is 26.0 Å². The molecule has 84 valence electrons. The van der Waals surface area contributed by atoms with Crippen LogP contribution in [-0.2, 0) is 6.61 Å². The lowest BCUT2D eigenvalue weighted by atomic mass is 10.2. The Balaban J connectivity index is 2.07. The second kappa shape index (κ2) is 4.53. The van der Waals surface area contributed by atoms with Crippen LogP contribution in [0.5, 0.6) is 11.5 Å². The lowest BCUT2D eigenvalue weighted by molar-refractivity contribution is 0.297. The van der Waals surface area contributed by atoms with Crippen LogP contribution in [0.15, 0.2) is 23.6 Å². The zero-order valence-corrected chi connectivity index (χ0v) is 10.0. The van der Waals surface area contributed by atoms with Crippen LogP contribution < -0.4 is 4.74 Å². The van der Waals surface area contributed by atoms with Gasteiger partial charge in [-0.25, -0.2) is 4.98 Å². The lowest BCUT2D eigenvalue weighted by Crippen LogP contribution is -1.97. The minimum Gasteiger partial charge on any atom is -0.508 e. The molecule has 0 unspecified atom stereocenters. The van der Waals surface area contributed by atoms with Crippen LogP contribution in [0.3, 0.4) is 0 Å². The van der Waals surface area contributed by atoms with Gasteiger partial charge in [0.05, 0.1) is 10.7 Å². The molecule has 0 saturated heterocycles. The van der Waals surface area contributed by atoms with E-state index in [1.807, 2.05) is 25.3 Å². The summed E-state index contributed by atoms with van der Waals surface area (Å²) in [4.78, 5) is 4.31. The molecule has 1 N–H and O–H groups in total. The molecule has 3 nitrogen and oxygen atoms in total. The molecule has 0 radical (unpaired) electrons. The van der Waals surface area contributed by atoms with E-state index in [1.54, 1.807) is 23.5 Å². The molecule has 4 heteroatoms. The van der Waals surface area contributed by atoms with Crippen molar-refractivity contribution in [2.24, 2.45) is 0 Å². The summed E-state index contributed by atoms with van der Waals surface area (Å²) in [6, 6.07) is 5.26. The first-order valence-corrected chi connectivity index (χ1v) is 5.87. The van der Waals surface area contributed by atoms with Crippen LogP contribution in [0.2, 0.25) is 0 Å². The van der Waals surface area contributed by atoms with E-state index in [9.17, 15) is 5.11 Å². The van der Waals surface area contributed by atoms with E-state index in [1.165, 1.54) is 0 Å². The standard InChI is InChI=1S/C12H13NO2S/c1-8-11(14)4-3-5-12(8)15-6-10-7-16-9(2)13-10/h3-5,7,14H,6H2,1-2H3. The van der Waals surface area contributed by atoms with E-state index in [0.29, 0.717) is 12.4 Å². The van der Waals surface area contributed by atoms with Crippen LogP contribution in [0.4, 0.5) is 0 Å². The molecule has 0 aliphatic rings. The fourth-order valence-electron chi connectivity index (χ4n) is 1.39. The van der Waals surface area contributed by atoms with E-state index in [4.69, 9.17) is 4.74 Å². The largest absolute Gasteiger partial charge is 0.508 e. The molecular weight excluding hydrogens is 222 g/mol. The summed E-state index contributed by atoms with van der Waals surface area (Å²) in [6.07, 6.45) is 0. The number of aromatic hydroxyl groups is 1. The van der Waals surface area contributed by atoms with Crippen LogP contribution >= 0.6 is 11.3 Å². The number of nitrogens with zero attached hydrogens (tertiary/aromatic N) is 1. The molecule has 1 heterocycles. The summed E-state index contributed by atoms with van der Waals surface area (Å²) in [5.74, 6) is 0.956. The normalized spacial score (nSPS) is 10.4. The summed E-state index contributed by atoms with van der Waals surface area (Å²) in [5.41, 5.74) is 1.68. The number of aromatic nitrogens is 1. The maximum atomic E-state index is 9.51. The second-order valence-electron chi connectivity index (χ2n) is 3.55. The van der Waals surface area contributed by atoms with E-state index in [-0.39, 0.29) is 5.75 Å². The summed E-state index contributed by atoms with van der Waals surface area (Å²) < 4.78 is 5.60. The Labute approximate surface area is 98.4 Å². The third-order valence-electron chi connectivity index (χ3n) is 2.30. The molecule has 0 aliphatic heterocycles. The molecule has 1 aromatic heterocycles. The predicted molar refractivity (Wildman–Crippen MR) is 64.0 cm³/mol. The van der Waals surface area contributed by atoms with Gasteiger partial charge in [0.15, 0.2) is 0 Å². The molecule has 0 amide bonds. The first kappa shape index (κ1) is 11.0. The maximum Gasteiger partial charge on any atom is 0.131 e. The van der Waals surface area contributed by atoms with Crippen molar-refractivity contribution in [3.63, 3.8) is 0 Å². The van der Waals surface area contributed by atoms with E-state index in [0.717, 1.165) is 16.3 Å². The molecule has 2 rings (SSSR count). The highest BCUT2D eigenvalue weighted by Crippen LogP contribution is 2.26. The van der Waals surface area contributed by atoms with Crippen molar-refractivity contribution in [2.75, 3.05) is 0 Å². The Hall–Kier alpha value is -1.55. The Morgan fingerprint density at radius 2 is 2.19 bits per heavy atom. The van der Waals surface area contributed by atoms with Crippen LogP contribution in [0.1, 0.15) is 16.3 Å². The van der Waals surface area contributed by atoms with Crippen molar-refractivity contribution >= 4 is 11.3 Å². The average Bonchev–Trinajstić information content (AvgIpc) is 2.67. The Morgan fingerprint density at radius 3 is 2.88 bits per heavy atom. The van der Waals surface area contributed by atoms with Crippen molar-refractivity contribution in [1.82, 2.24) is 4.98 Å². The average molecular weight is 235 g/mol. The van der Waals surface area contributed by atoms with Crippen LogP contribution in [0.25, 0.3) is 0 Å². The molecule has 1 aromatic carbocycles. The highest BCUT2D eigenvalue weighted by molar-refractivity contribution is 7.09. The number of aryl methyl sites for hydroxylation is 1. The van der Waals surface area contributed by atoms with Gasteiger partial charge in [0.1, 0.15) is 18.1 Å². The summed E-state index contributed by atoms with van der Waals surface area (Å²) in [7, 11) is 0. The number of phenolic OH excluding ortho intramolecular Hbond substituents is 1. The number of rotatable bonds is 3. The van der Waals surface area contributed by atoms with Crippen molar-refractivity contribution in [2.45, 2.75) is 20.5 Å². The Morgan fingerprint density at radius 1 is 1.38 bits per heavy atom. The van der Waals surface area contributed by atoms with E-state index in [2.05, 4.69) is 4.98 Å². The number of hydrogen-bond donors (Lipinski definition) is 1. The molecular formula is C12H13NO2S. The fraction of sp³-hybridized carbons (Fsp3) is 0.250. The van der Waals surface area contributed by atoms with Gasteiger partial charge >= 0.3 is 0 Å². The van der Waals surface area contributed by atoms with Gasteiger partial charge in [0, 0.05) is 10.9 Å². The molecule has 0 spiro atoms. The van der Waals surface area contributed by atoms with Crippen molar-refractivity contribution in [1.29, 1.82) is 0 Å². The topological polar surface area (TPSA) is 42.4 Å². The minimum absolute atomic E-state index is 0.256. The molecule has 2 aromatic rings. The third-order valence-corrected chi connectivity index (χ3v) is 3.12. The number of phenols is 1. The highest BCUT2D eigenvalue weighted by Gasteiger charge is 2.05. The smallest absolute Gasteiger partial charge is 0.131 e. The van der Waals surface area contributed by atoms with Crippen LogP contribution in [0, 0.1) is 13.8 Å². The van der Waals surface area contributed by atoms with Crippen molar-refractivity contribution < 1.29 is 9.84 Å². The molecule has 0 saturated carbocycles. The molecule has 0 atom stereocenters. The number of ether oxygens (including phenoxy) is 1. The first-order chi connectivity index (χ1) is 7.66. The lowest BCUT2D eigenvalue weighted by Gasteiger charge is -2.08. The molecule has 0 aliphatic carbocycles. The third kappa shape index (κ3) is 2.33. The Kier molecular flexibility index (Phi) is 3.10. The van der Waals surface area contributed by atoms with E-state index < -0.39 is 0 Å². The molecule has 0 bridgehead atoms. The number of hydrogen-bond acceptors (Lipinski definition) is 4. The SMILES string of the molecule is Cc1nc(COc2cccc(O)c2C)cs1. The van der Waals surface area contributed by atoms with Crippen molar-refractivity contribution in [3.05, 3.63) is 39.8 Å². The van der Waals surface area contributed by atoms with Crippen LogP contribution in [-0.4, -0.2) is 10.1 Å². The van der Waals surface area contributed by atoms with Gasteiger partial charge in [-0.1, -0.05) is 6.07 Å². The van der Waals surface area contributed by atoms with Gasteiger partial charge < -0.3 is 9.84 Å². The van der Waals surface area contributed by atoms with E-state index >= 15 is 0 Å². The minimum atomic E-state index is 0.256. The second-order valence-corrected chi connectivity index (χ2v) is 4.61. The zero-order chi connectivity index (χ0) is 11.5. The Bertz CT molecular complexity index is 494. The quantitative estimate of drug-likeness (QED) is 0.889. The number of thiazole rings is 1. The molecule has 0 fully saturated rings. The monoisotopic (exact) mass is 235 g/mol. The number of benzene rings is 1. The van der Waals surface area contributed by atoms with Gasteiger partial charge in [-0.15, -0.1) is 11.3 Å². The fourth-order valence-corrected chi connectivity index (χ4v) is 1.98. The summed E-state index contributed by atoms with van der Waals surface area (Å²) >= 11 is 1.61. The van der Waals surface area contributed by atoms with Gasteiger partial charge in [0.2, 0.25) is 0 Å². The summed E-state index contributed by atoms with van der Waals surface area (Å²) in [6.45, 7) is 4.24. The van der Waals surface area contributed by atoms with Gasteiger partial charge in [-0.2, -0.15) is 0 Å². The zero-order valence-electron chi connectivity index (χ0n) is 9.23. The predicted octanol–water partition coefficient (Wildman–Crippen LogP) is 3.04. The summed E-state index contributed by atoms with van der Waals surface area (Å²) in [5, 5.41) is 12.5. The van der Waals surface area contributed by atoms with Crippen molar-refractivity contribution in [3.8, 4) is 11.5 Å². The van der Waals surface area contributed by atoms with Gasteiger partial charge in [-0.3, -0.25) is 0 Å².